The van der Waals surface area contributed by atoms with E-state index in [0.29, 0.717) is 0 Å². The fourth-order valence-electron chi connectivity index (χ4n) is 2.66. The molecule has 1 saturated heterocycles. The Morgan fingerprint density at radius 3 is 2.61 bits per heavy atom. The molecule has 124 valence electrons. The quantitative estimate of drug-likeness (QED) is 0.759. The van der Waals surface area contributed by atoms with Gasteiger partial charge in [-0.25, -0.2) is 9.37 Å². The van der Waals surface area contributed by atoms with Crippen molar-refractivity contribution in [3.63, 3.8) is 0 Å². The summed E-state index contributed by atoms with van der Waals surface area (Å²) in [6.45, 7) is 8.68. The molecule has 0 saturated carbocycles. The summed E-state index contributed by atoms with van der Waals surface area (Å²) in [5.74, 6) is -0.215. The SMILES string of the molecule is CCOCCN1CCN(c2nc(-c3ccc(F)cc3)cs2)CC1. The lowest BCUT2D eigenvalue weighted by Gasteiger charge is -2.34. The second-order valence-electron chi connectivity index (χ2n) is 5.55. The average Bonchev–Trinajstić information content (AvgIpc) is 3.06. The minimum absolute atomic E-state index is 0.215. The lowest BCUT2D eigenvalue weighted by molar-refractivity contribution is 0.111. The zero-order chi connectivity index (χ0) is 16.1. The second-order valence-corrected chi connectivity index (χ2v) is 6.38. The van der Waals surface area contributed by atoms with Gasteiger partial charge in [0.1, 0.15) is 5.82 Å². The molecule has 1 aliphatic rings. The van der Waals surface area contributed by atoms with E-state index in [1.54, 1.807) is 23.5 Å². The van der Waals surface area contributed by atoms with Crippen LogP contribution in [-0.2, 0) is 4.74 Å². The maximum atomic E-state index is 13.0. The first kappa shape index (κ1) is 16.4. The van der Waals surface area contributed by atoms with E-state index in [4.69, 9.17) is 9.72 Å². The summed E-state index contributed by atoms with van der Waals surface area (Å²) in [5.41, 5.74) is 1.88. The van der Waals surface area contributed by atoms with Gasteiger partial charge in [0, 0.05) is 50.3 Å². The third-order valence-corrected chi connectivity index (χ3v) is 4.93. The number of rotatable bonds is 6. The van der Waals surface area contributed by atoms with E-state index >= 15 is 0 Å². The van der Waals surface area contributed by atoms with Crippen LogP contribution in [0.3, 0.4) is 0 Å². The van der Waals surface area contributed by atoms with E-state index in [1.165, 1.54) is 12.1 Å². The Kier molecular flexibility index (Phi) is 5.59. The number of anilines is 1. The lowest BCUT2D eigenvalue weighted by atomic mass is 10.2. The molecule has 0 spiro atoms. The highest BCUT2D eigenvalue weighted by Gasteiger charge is 2.19. The Morgan fingerprint density at radius 1 is 1.17 bits per heavy atom. The summed E-state index contributed by atoms with van der Waals surface area (Å²) in [4.78, 5) is 9.47. The van der Waals surface area contributed by atoms with Crippen LogP contribution in [0.1, 0.15) is 6.92 Å². The monoisotopic (exact) mass is 335 g/mol. The van der Waals surface area contributed by atoms with Crippen LogP contribution in [0.5, 0.6) is 0 Å². The summed E-state index contributed by atoms with van der Waals surface area (Å²) in [7, 11) is 0. The number of hydrogen-bond acceptors (Lipinski definition) is 5. The van der Waals surface area contributed by atoms with Crippen molar-refractivity contribution < 1.29 is 9.13 Å². The molecule has 1 aliphatic heterocycles. The topological polar surface area (TPSA) is 28.6 Å². The van der Waals surface area contributed by atoms with Crippen LogP contribution in [0, 0.1) is 5.82 Å². The number of ether oxygens (including phenoxy) is 1. The molecule has 2 heterocycles. The van der Waals surface area contributed by atoms with Gasteiger partial charge >= 0.3 is 0 Å². The van der Waals surface area contributed by atoms with Crippen LogP contribution in [0.25, 0.3) is 11.3 Å². The zero-order valence-corrected chi connectivity index (χ0v) is 14.2. The first-order chi connectivity index (χ1) is 11.3. The first-order valence-corrected chi connectivity index (χ1v) is 8.90. The zero-order valence-electron chi connectivity index (χ0n) is 13.4. The van der Waals surface area contributed by atoms with E-state index in [1.807, 2.05) is 12.3 Å². The minimum atomic E-state index is -0.215. The number of halogens is 1. The molecule has 1 aromatic carbocycles. The molecule has 0 aliphatic carbocycles. The molecule has 0 bridgehead atoms. The van der Waals surface area contributed by atoms with E-state index < -0.39 is 0 Å². The molecule has 0 radical (unpaired) electrons. The molecular weight excluding hydrogens is 313 g/mol. The largest absolute Gasteiger partial charge is 0.380 e. The molecule has 0 amide bonds. The number of nitrogens with zero attached hydrogens (tertiary/aromatic N) is 3. The molecule has 0 N–H and O–H groups in total. The second kappa shape index (κ2) is 7.86. The standard InChI is InChI=1S/C17H22FN3OS/c1-2-22-12-11-20-7-9-21(10-8-20)17-19-16(13-23-17)14-3-5-15(18)6-4-14/h3-6,13H,2,7-12H2,1H3. The van der Waals surface area contributed by atoms with Gasteiger partial charge in [-0.3, -0.25) is 4.90 Å². The van der Waals surface area contributed by atoms with Gasteiger partial charge in [-0.15, -0.1) is 11.3 Å². The predicted molar refractivity (Wildman–Crippen MR) is 92.7 cm³/mol. The molecule has 6 heteroatoms. The molecule has 23 heavy (non-hydrogen) atoms. The maximum absolute atomic E-state index is 13.0. The average molecular weight is 335 g/mol. The number of thiazole rings is 1. The first-order valence-electron chi connectivity index (χ1n) is 8.03. The number of hydrogen-bond donors (Lipinski definition) is 0. The minimum Gasteiger partial charge on any atom is -0.380 e. The predicted octanol–water partition coefficient (Wildman–Crippen LogP) is 3.11. The van der Waals surface area contributed by atoms with Gasteiger partial charge in [0.15, 0.2) is 5.13 Å². The summed E-state index contributed by atoms with van der Waals surface area (Å²) in [6, 6.07) is 6.51. The van der Waals surface area contributed by atoms with Crippen LogP contribution in [0.15, 0.2) is 29.6 Å². The van der Waals surface area contributed by atoms with Gasteiger partial charge in [0.25, 0.3) is 0 Å². The third kappa shape index (κ3) is 4.28. The van der Waals surface area contributed by atoms with Crippen molar-refractivity contribution in [2.75, 3.05) is 50.8 Å². The van der Waals surface area contributed by atoms with Crippen LogP contribution < -0.4 is 4.90 Å². The van der Waals surface area contributed by atoms with Gasteiger partial charge in [0.05, 0.1) is 12.3 Å². The molecule has 2 aromatic rings. The highest BCUT2D eigenvalue weighted by molar-refractivity contribution is 7.14. The molecule has 0 unspecified atom stereocenters. The smallest absolute Gasteiger partial charge is 0.185 e. The van der Waals surface area contributed by atoms with Gasteiger partial charge in [-0.1, -0.05) is 0 Å². The summed E-state index contributed by atoms with van der Waals surface area (Å²) in [6.07, 6.45) is 0. The van der Waals surface area contributed by atoms with Crippen LogP contribution in [0.4, 0.5) is 9.52 Å². The number of aromatic nitrogens is 1. The molecule has 1 fully saturated rings. The van der Waals surface area contributed by atoms with Crippen LogP contribution in [-0.4, -0.2) is 55.8 Å². The third-order valence-electron chi connectivity index (χ3n) is 4.03. The van der Waals surface area contributed by atoms with Crippen molar-refractivity contribution in [1.29, 1.82) is 0 Å². The molecular formula is C17H22FN3OS. The van der Waals surface area contributed by atoms with Crippen molar-refractivity contribution in [2.45, 2.75) is 6.92 Å². The van der Waals surface area contributed by atoms with Crippen LogP contribution in [0.2, 0.25) is 0 Å². The summed E-state index contributed by atoms with van der Waals surface area (Å²) >= 11 is 1.66. The number of benzene rings is 1. The van der Waals surface area contributed by atoms with E-state index in [0.717, 1.165) is 62.3 Å². The van der Waals surface area contributed by atoms with Crippen molar-refractivity contribution in [1.82, 2.24) is 9.88 Å². The maximum Gasteiger partial charge on any atom is 0.185 e. The molecule has 4 nitrogen and oxygen atoms in total. The van der Waals surface area contributed by atoms with Gasteiger partial charge < -0.3 is 9.64 Å². The summed E-state index contributed by atoms with van der Waals surface area (Å²) in [5, 5.41) is 3.10. The van der Waals surface area contributed by atoms with Gasteiger partial charge in [-0.05, 0) is 31.2 Å². The Bertz CT molecular complexity index is 609. The lowest BCUT2D eigenvalue weighted by Crippen LogP contribution is -2.47. The Morgan fingerprint density at radius 2 is 1.91 bits per heavy atom. The van der Waals surface area contributed by atoms with Gasteiger partial charge in [0.2, 0.25) is 0 Å². The number of piperazine rings is 1. The van der Waals surface area contributed by atoms with Crippen molar-refractivity contribution in [2.24, 2.45) is 0 Å². The van der Waals surface area contributed by atoms with Crippen molar-refractivity contribution in [3.8, 4) is 11.3 Å². The van der Waals surface area contributed by atoms with Gasteiger partial charge in [-0.2, -0.15) is 0 Å². The van der Waals surface area contributed by atoms with E-state index in [9.17, 15) is 4.39 Å². The van der Waals surface area contributed by atoms with Crippen LogP contribution >= 0.6 is 11.3 Å². The Hall–Kier alpha value is -1.50. The normalized spacial score (nSPS) is 16.0. The molecule has 3 rings (SSSR count). The Labute approximate surface area is 140 Å². The van der Waals surface area contributed by atoms with Crippen molar-refractivity contribution in [3.05, 3.63) is 35.5 Å². The highest BCUT2D eigenvalue weighted by atomic mass is 32.1. The summed E-state index contributed by atoms with van der Waals surface area (Å²) < 4.78 is 18.4. The Balaban J connectivity index is 1.56. The fourth-order valence-corrected chi connectivity index (χ4v) is 3.55. The highest BCUT2D eigenvalue weighted by Crippen LogP contribution is 2.28. The van der Waals surface area contributed by atoms with Crippen molar-refractivity contribution >= 4 is 16.5 Å². The molecule has 0 atom stereocenters. The van der Waals surface area contributed by atoms with E-state index in [-0.39, 0.29) is 5.82 Å². The molecule has 1 aromatic heterocycles. The van der Waals surface area contributed by atoms with E-state index in [2.05, 4.69) is 9.80 Å². The fraction of sp³-hybridized carbons (Fsp3) is 0.471.